The lowest BCUT2D eigenvalue weighted by molar-refractivity contribution is 0.244. The molecule has 0 aliphatic rings. The molecule has 2 aromatic heterocycles. The molecule has 2 heterocycles. The molecule has 4 N–H and O–H groups in total. The van der Waals surface area contributed by atoms with E-state index in [1.54, 1.807) is 12.1 Å². The highest BCUT2D eigenvalue weighted by atomic mass is 35.5. The van der Waals surface area contributed by atoms with Gasteiger partial charge in [0.15, 0.2) is 11.0 Å². The number of nitrogen functional groups attached to an aromatic ring is 1. The number of nitrogens with zero attached hydrogens (tertiary/aromatic N) is 2. The summed E-state index contributed by atoms with van der Waals surface area (Å²) >= 11 is 5.75. The second kappa shape index (κ2) is 5.03. The van der Waals surface area contributed by atoms with E-state index in [2.05, 4.69) is 15.3 Å². The van der Waals surface area contributed by atoms with Crippen LogP contribution in [0.3, 0.4) is 0 Å². The molecule has 17 heavy (non-hydrogen) atoms. The number of furan rings is 1. The minimum absolute atomic E-state index is 0.124. The summed E-state index contributed by atoms with van der Waals surface area (Å²) in [6, 6.07) is 3.46. The lowest BCUT2D eigenvalue weighted by Crippen LogP contribution is -2.05. The van der Waals surface area contributed by atoms with Crippen molar-refractivity contribution >= 4 is 23.1 Å². The highest BCUT2D eigenvalue weighted by Gasteiger charge is 2.06. The van der Waals surface area contributed by atoms with Gasteiger partial charge in [-0.2, -0.15) is 0 Å². The molecule has 0 bridgehead atoms. The van der Waals surface area contributed by atoms with Crippen LogP contribution >= 0.6 is 11.6 Å². The van der Waals surface area contributed by atoms with E-state index < -0.39 is 0 Å². The Bertz CT molecular complexity index is 515. The second-order valence-electron chi connectivity index (χ2n) is 3.31. The zero-order valence-corrected chi connectivity index (χ0v) is 9.61. The highest BCUT2D eigenvalue weighted by molar-refractivity contribution is 6.32. The number of hydrogen-bond donors (Lipinski definition) is 3. The van der Waals surface area contributed by atoms with Gasteiger partial charge in [-0.1, -0.05) is 11.6 Å². The van der Waals surface area contributed by atoms with Crippen LogP contribution in [-0.2, 0) is 13.2 Å². The van der Waals surface area contributed by atoms with E-state index in [0.717, 1.165) is 0 Å². The first-order chi connectivity index (χ1) is 8.20. The number of nitrogens with one attached hydrogen (secondary N) is 1. The molecule has 0 fully saturated rings. The largest absolute Gasteiger partial charge is 0.462 e. The van der Waals surface area contributed by atoms with Crippen LogP contribution in [0.15, 0.2) is 22.9 Å². The fourth-order valence-corrected chi connectivity index (χ4v) is 1.42. The average Bonchev–Trinajstić information content (AvgIpc) is 2.79. The molecule has 0 radical (unpaired) electrons. The van der Waals surface area contributed by atoms with Crippen molar-refractivity contribution in [1.82, 2.24) is 9.97 Å². The smallest absolute Gasteiger partial charge is 0.157 e. The number of hydrogen-bond acceptors (Lipinski definition) is 6. The minimum Gasteiger partial charge on any atom is -0.462 e. The molecule has 2 aromatic rings. The maximum Gasteiger partial charge on any atom is 0.157 e. The van der Waals surface area contributed by atoms with Crippen LogP contribution in [0.1, 0.15) is 11.5 Å². The van der Waals surface area contributed by atoms with Gasteiger partial charge in [-0.3, -0.25) is 0 Å². The number of aliphatic hydroxyl groups excluding tert-OH is 1. The Kier molecular flexibility index (Phi) is 3.46. The van der Waals surface area contributed by atoms with Gasteiger partial charge in [0.1, 0.15) is 30.1 Å². The summed E-state index contributed by atoms with van der Waals surface area (Å²) in [5.41, 5.74) is 5.98. The summed E-state index contributed by atoms with van der Waals surface area (Å²) < 4.78 is 5.29. The van der Waals surface area contributed by atoms with E-state index >= 15 is 0 Å². The van der Waals surface area contributed by atoms with Crippen molar-refractivity contribution < 1.29 is 9.52 Å². The van der Waals surface area contributed by atoms with Crippen molar-refractivity contribution in [2.75, 3.05) is 11.1 Å². The van der Waals surface area contributed by atoms with Crippen LogP contribution in [0, 0.1) is 0 Å². The fourth-order valence-electron chi connectivity index (χ4n) is 1.29. The van der Waals surface area contributed by atoms with Crippen molar-refractivity contribution in [1.29, 1.82) is 0 Å². The van der Waals surface area contributed by atoms with Gasteiger partial charge >= 0.3 is 0 Å². The molecule has 7 heteroatoms. The summed E-state index contributed by atoms with van der Waals surface area (Å²) in [4.78, 5) is 7.70. The monoisotopic (exact) mass is 254 g/mol. The van der Waals surface area contributed by atoms with E-state index in [4.69, 9.17) is 26.9 Å². The fraction of sp³-hybridized carbons (Fsp3) is 0.200. The van der Waals surface area contributed by atoms with Crippen LogP contribution in [0.4, 0.5) is 11.5 Å². The number of halogens is 1. The van der Waals surface area contributed by atoms with Gasteiger partial charge in [0.05, 0.1) is 6.54 Å². The van der Waals surface area contributed by atoms with E-state index in [1.807, 2.05) is 0 Å². The van der Waals surface area contributed by atoms with E-state index in [0.29, 0.717) is 29.6 Å². The first-order valence-electron chi connectivity index (χ1n) is 4.89. The van der Waals surface area contributed by atoms with Gasteiger partial charge < -0.3 is 20.6 Å². The molecule has 0 aliphatic carbocycles. The summed E-state index contributed by atoms with van der Waals surface area (Å²) in [6.07, 6.45) is 1.32. The normalized spacial score (nSPS) is 10.5. The Morgan fingerprint density at radius 2 is 2.12 bits per heavy atom. The topological polar surface area (TPSA) is 97.2 Å². The third kappa shape index (κ3) is 2.66. The molecule has 0 saturated heterocycles. The molecular weight excluding hydrogens is 244 g/mol. The lowest BCUT2D eigenvalue weighted by Gasteiger charge is -2.06. The Balaban J connectivity index is 2.04. The molecule has 0 unspecified atom stereocenters. The molecule has 0 saturated carbocycles. The van der Waals surface area contributed by atoms with Gasteiger partial charge in [0, 0.05) is 0 Å². The van der Waals surface area contributed by atoms with Gasteiger partial charge in [-0.15, -0.1) is 0 Å². The molecule has 0 aliphatic heterocycles. The van der Waals surface area contributed by atoms with Crippen LogP contribution in [0.5, 0.6) is 0 Å². The van der Waals surface area contributed by atoms with E-state index in [9.17, 15) is 0 Å². The second-order valence-corrected chi connectivity index (χ2v) is 3.66. The first-order valence-corrected chi connectivity index (χ1v) is 5.27. The van der Waals surface area contributed by atoms with Crippen LogP contribution in [0.2, 0.25) is 5.15 Å². The lowest BCUT2D eigenvalue weighted by atomic mass is 10.4. The Labute approximate surface area is 102 Å². The Hall–Kier alpha value is -1.79. The van der Waals surface area contributed by atoms with Crippen molar-refractivity contribution in [3.05, 3.63) is 35.1 Å². The standard InChI is InChI=1S/C10H11ClN4O2/c11-9-8(12)10(15-5-14-9)13-3-6-1-2-7(4-16)17-6/h1-2,5,16H,3-4,12H2,(H,13,14,15). The Morgan fingerprint density at radius 1 is 1.35 bits per heavy atom. The maximum absolute atomic E-state index is 8.84. The first kappa shape index (κ1) is 11.7. The molecular formula is C10H11ClN4O2. The quantitative estimate of drug-likeness (QED) is 0.714. The predicted octanol–water partition coefficient (Wildman–Crippen LogP) is 1.41. The number of aromatic nitrogens is 2. The van der Waals surface area contributed by atoms with Crippen LogP contribution in [0.25, 0.3) is 0 Å². The summed E-state index contributed by atoms with van der Waals surface area (Å²) in [6.45, 7) is 0.277. The molecule has 0 aromatic carbocycles. The predicted molar refractivity (Wildman–Crippen MR) is 63.4 cm³/mol. The van der Waals surface area contributed by atoms with Gasteiger partial charge in [-0.05, 0) is 12.1 Å². The molecule has 6 nitrogen and oxygen atoms in total. The summed E-state index contributed by atoms with van der Waals surface area (Å²) in [5.74, 6) is 1.63. The molecule has 2 rings (SSSR count). The van der Waals surface area contributed by atoms with Crippen LogP contribution < -0.4 is 11.1 Å². The van der Waals surface area contributed by atoms with Crippen LogP contribution in [-0.4, -0.2) is 15.1 Å². The molecule has 0 atom stereocenters. The number of anilines is 2. The summed E-state index contributed by atoms with van der Waals surface area (Å²) in [7, 11) is 0. The zero-order chi connectivity index (χ0) is 12.3. The maximum atomic E-state index is 8.84. The van der Waals surface area contributed by atoms with Gasteiger partial charge in [-0.25, -0.2) is 9.97 Å². The van der Waals surface area contributed by atoms with Crippen molar-refractivity contribution in [3.8, 4) is 0 Å². The molecule has 0 spiro atoms. The highest BCUT2D eigenvalue weighted by Crippen LogP contribution is 2.22. The average molecular weight is 255 g/mol. The van der Waals surface area contributed by atoms with Gasteiger partial charge in [0.25, 0.3) is 0 Å². The van der Waals surface area contributed by atoms with Gasteiger partial charge in [0.2, 0.25) is 0 Å². The number of nitrogens with two attached hydrogens (primary N) is 1. The minimum atomic E-state index is -0.124. The molecule has 90 valence electrons. The van der Waals surface area contributed by atoms with Crippen molar-refractivity contribution in [2.24, 2.45) is 0 Å². The zero-order valence-electron chi connectivity index (χ0n) is 8.85. The van der Waals surface area contributed by atoms with E-state index in [-0.39, 0.29) is 11.8 Å². The van der Waals surface area contributed by atoms with Crippen molar-refractivity contribution in [3.63, 3.8) is 0 Å². The number of aliphatic hydroxyl groups is 1. The third-order valence-electron chi connectivity index (χ3n) is 2.14. The van der Waals surface area contributed by atoms with E-state index in [1.165, 1.54) is 6.33 Å². The number of rotatable bonds is 4. The van der Waals surface area contributed by atoms with Crippen molar-refractivity contribution in [2.45, 2.75) is 13.2 Å². The molecule has 0 amide bonds. The summed E-state index contributed by atoms with van der Waals surface area (Å²) in [5, 5.41) is 12.0. The third-order valence-corrected chi connectivity index (χ3v) is 2.44. The SMILES string of the molecule is Nc1c(Cl)ncnc1NCc1ccc(CO)o1. The Morgan fingerprint density at radius 3 is 2.82 bits per heavy atom.